The second-order valence-corrected chi connectivity index (χ2v) is 10.1. The molecule has 0 radical (unpaired) electrons. The maximum Gasteiger partial charge on any atom is 0.321 e. The number of nitrogens with zero attached hydrogens (tertiary/aromatic N) is 2. The lowest BCUT2D eigenvalue weighted by atomic mass is 9.98. The molecule has 2 aliphatic carbocycles. The third-order valence-corrected chi connectivity index (χ3v) is 7.65. The van der Waals surface area contributed by atoms with E-state index in [1.54, 1.807) is 17.0 Å². The highest BCUT2D eigenvalue weighted by atomic mass is 19.1. The number of imide groups is 1. The summed E-state index contributed by atoms with van der Waals surface area (Å²) in [4.78, 5) is 53.5. The molecule has 6 amide bonds. The Bertz CT molecular complexity index is 1390. The van der Waals surface area contributed by atoms with E-state index in [1.807, 2.05) is 0 Å². The zero-order chi connectivity index (χ0) is 27.8. The molecular weight excluding hydrogens is 508 g/mol. The number of rotatable bonds is 5. The van der Waals surface area contributed by atoms with Gasteiger partial charge in [0, 0.05) is 19.6 Å². The smallest absolute Gasteiger partial charge is 0.321 e. The van der Waals surface area contributed by atoms with Crippen molar-refractivity contribution in [2.24, 2.45) is 11.7 Å². The van der Waals surface area contributed by atoms with Crippen LogP contribution in [0.25, 0.3) is 6.08 Å². The average molecular weight is 538 g/mol. The molecule has 0 saturated heterocycles. The first-order valence-electron chi connectivity index (χ1n) is 12.8. The van der Waals surface area contributed by atoms with Gasteiger partial charge in [-0.1, -0.05) is 18.2 Å². The van der Waals surface area contributed by atoms with Crippen LogP contribution in [-0.4, -0.2) is 53.3 Å². The van der Waals surface area contributed by atoms with Crippen molar-refractivity contribution >= 4 is 35.6 Å². The summed E-state index contributed by atoms with van der Waals surface area (Å²) in [5, 5.41) is 4.71. The van der Waals surface area contributed by atoms with Crippen LogP contribution in [0.4, 0.5) is 24.1 Å². The van der Waals surface area contributed by atoms with Gasteiger partial charge in [0.25, 0.3) is 0 Å². The molecule has 2 aromatic carbocycles. The largest absolute Gasteiger partial charge is 0.351 e. The van der Waals surface area contributed by atoms with Gasteiger partial charge < -0.3 is 21.3 Å². The molecular formula is C28H29F2N5O4. The first kappa shape index (κ1) is 26.3. The van der Waals surface area contributed by atoms with Crippen LogP contribution in [0.5, 0.6) is 0 Å². The Morgan fingerprint density at radius 2 is 1.85 bits per heavy atom. The number of hydrogen-bond donors (Lipinski definition) is 3. The quantitative estimate of drug-likeness (QED) is 0.540. The standard InChI is InChI=1S/C28H29F2N5O4/c1-32-28(39)33-23-11-17-5-8-20(21(17)12-22(23)30)26(37)35(27(31)38)14-25(36)34-13-18-4-7-19(29)10-16(18)6-9-24(34)15-2-3-15/h4-5,7-8,10-12,15,20,24H,2-3,6,9,13-14H2,1H3,(H2,31,38)(H2,32,33,39)/t20-,24-/m0/s1. The second-order valence-electron chi connectivity index (χ2n) is 10.1. The van der Waals surface area contributed by atoms with E-state index in [-0.39, 0.29) is 24.1 Å². The van der Waals surface area contributed by atoms with Crippen molar-refractivity contribution in [3.63, 3.8) is 0 Å². The SMILES string of the molecule is CNC(=O)Nc1cc2c(cc1F)[C@@H](C(=O)N(CC(=O)N1Cc3ccc(F)cc3CC[C@H]1C1CC1)C(N)=O)C=C2. The number of primary amides is 1. The van der Waals surface area contributed by atoms with Crippen molar-refractivity contribution < 1.29 is 28.0 Å². The minimum atomic E-state index is -1.09. The van der Waals surface area contributed by atoms with E-state index in [4.69, 9.17) is 5.73 Å². The van der Waals surface area contributed by atoms with E-state index in [0.717, 1.165) is 30.0 Å². The zero-order valence-corrected chi connectivity index (χ0v) is 21.4. The van der Waals surface area contributed by atoms with Crippen LogP contribution >= 0.6 is 0 Å². The second kappa shape index (κ2) is 10.5. The summed E-state index contributed by atoms with van der Waals surface area (Å²) < 4.78 is 28.6. The lowest BCUT2D eigenvalue weighted by Gasteiger charge is -2.32. The third-order valence-electron chi connectivity index (χ3n) is 7.65. The minimum absolute atomic E-state index is 0.0692. The van der Waals surface area contributed by atoms with Crippen LogP contribution in [-0.2, 0) is 22.6 Å². The first-order chi connectivity index (χ1) is 18.7. The Kier molecular flexibility index (Phi) is 7.07. The van der Waals surface area contributed by atoms with E-state index >= 15 is 0 Å². The number of fused-ring (bicyclic) bond motifs is 2. The number of nitrogens with one attached hydrogen (secondary N) is 2. The summed E-state index contributed by atoms with van der Waals surface area (Å²) in [6, 6.07) is 5.24. The molecule has 0 bridgehead atoms. The molecule has 1 heterocycles. The Balaban J connectivity index is 1.37. The van der Waals surface area contributed by atoms with Gasteiger partial charge in [-0.05, 0) is 78.1 Å². The summed E-state index contributed by atoms with van der Waals surface area (Å²) in [5.41, 5.74) is 7.94. The number of carbonyl (C=O) groups excluding carboxylic acids is 4. The summed E-state index contributed by atoms with van der Waals surface area (Å²) in [5.74, 6) is -2.99. The fourth-order valence-electron chi connectivity index (χ4n) is 5.46. The van der Waals surface area contributed by atoms with Gasteiger partial charge in [0.15, 0.2) is 0 Å². The highest BCUT2D eigenvalue weighted by Crippen LogP contribution is 2.40. The van der Waals surface area contributed by atoms with E-state index in [1.165, 1.54) is 31.3 Å². The molecule has 1 saturated carbocycles. The Morgan fingerprint density at radius 3 is 2.54 bits per heavy atom. The fraction of sp³-hybridized carbons (Fsp3) is 0.357. The molecule has 1 fully saturated rings. The molecule has 2 aromatic rings. The number of nitrogens with two attached hydrogens (primary N) is 1. The van der Waals surface area contributed by atoms with Gasteiger partial charge in [0.2, 0.25) is 11.8 Å². The van der Waals surface area contributed by atoms with Crippen molar-refractivity contribution in [3.05, 3.63) is 70.3 Å². The van der Waals surface area contributed by atoms with E-state index in [9.17, 15) is 28.0 Å². The molecule has 3 aliphatic rings. The van der Waals surface area contributed by atoms with E-state index in [0.29, 0.717) is 34.8 Å². The number of benzene rings is 2. The van der Waals surface area contributed by atoms with Crippen molar-refractivity contribution in [1.82, 2.24) is 15.1 Å². The molecule has 0 aromatic heterocycles. The monoisotopic (exact) mass is 537 g/mol. The van der Waals surface area contributed by atoms with Crippen LogP contribution in [0.1, 0.15) is 47.4 Å². The number of amides is 6. The fourth-order valence-corrected chi connectivity index (χ4v) is 5.46. The first-order valence-corrected chi connectivity index (χ1v) is 12.8. The Morgan fingerprint density at radius 1 is 1.08 bits per heavy atom. The number of urea groups is 2. The Hall–Kier alpha value is -4.28. The van der Waals surface area contributed by atoms with Gasteiger partial charge in [-0.2, -0.15) is 0 Å². The number of carbonyl (C=O) groups is 4. The third kappa shape index (κ3) is 5.34. The zero-order valence-electron chi connectivity index (χ0n) is 21.4. The van der Waals surface area contributed by atoms with Crippen molar-refractivity contribution in [2.75, 3.05) is 18.9 Å². The normalized spacial score (nSPS) is 19.5. The van der Waals surface area contributed by atoms with E-state index in [2.05, 4.69) is 10.6 Å². The number of hydrogen-bond acceptors (Lipinski definition) is 4. The molecule has 5 rings (SSSR count). The summed E-state index contributed by atoms with van der Waals surface area (Å²) in [6.45, 7) is -0.318. The van der Waals surface area contributed by atoms with Crippen molar-refractivity contribution in [3.8, 4) is 0 Å². The molecule has 204 valence electrons. The van der Waals surface area contributed by atoms with Gasteiger partial charge >= 0.3 is 12.1 Å². The highest BCUT2D eigenvalue weighted by Gasteiger charge is 2.40. The number of halogens is 2. The Labute approximate surface area is 224 Å². The molecule has 0 unspecified atom stereocenters. The van der Waals surface area contributed by atoms with Gasteiger partial charge in [0.05, 0.1) is 11.6 Å². The van der Waals surface area contributed by atoms with Crippen LogP contribution in [0, 0.1) is 17.6 Å². The molecule has 0 spiro atoms. The van der Waals surface area contributed by atoms with Crippen LogP contribution in [0.3, 0.4) is 0 Å². The summed E-state index contributed by atoms with van der Waals surface area (Å²) in [7, 11) is 1.39. The maximum atomic E-state index is 14.7. The lowest BCUT2D eigenvalue weighted by molar-refractivity contribution is -0.140. The number of aryl methyl sites for hydroxylation is 1. The predicted octanol–water partition coefficient (Wildman–Crippen LogP) is 3.49. The maximum absolute atomic E-state index is 14.7. The van der Waals surface area contributed by atoms with Crippen molar-refractivity contribution in [2.45, 2.75) is 44.2 Å². The molecule has 1 aliphatic heterocycles. The molecule has 2 atom stereocenters. The van der Waals surface area contributed by atoms with Crippen LogP contribution in [0.2, 0.25) is 0 Å². The molecule has 39 heavy (non-hydrogen) atoms. The highest BCUT2D eigenvalue weighted by molar-refractivity contribution is 6.03. The van der Waals surface area contributed by atoms with Crippen molar-refractivity contribution in [1.29, 1.82) is 0 Å². The molecule has 4 N–H and O–H groups in total. The van der Waals surface area contributed by atoms with Gasteiger partial charge in [0.1, 0.15) is 18.2 Å². The van der Waals surface area contributed by atoms with Crippen LogP contribution in [0.15, 0.2) is 36.4 Å². The number of anilines is 1. The predicted molar refractivity (Wildman–Crippen MR) is 139 cm³/mol. The molecule has 9 nitrogen and oxygen atoms in total. The van der Waals surface area contributed by atoms with Gasteiger partial charge in [-0.15, -0.1) is 0 Å². The van der Waals surface area contributed by atoms with Crippen LogP contribution < -0.4 is 16.4 Å². The average Bonchev–Trinajstić information content (AvgIpc) is 3.69. The minimum Gasteiger partial charge on any atom is -0.351 e. The van der Waals surface area contributed by atoms with E-state index < -0.39 is 42.2 Å². The van der Waals surface area contributed by atoms with Gasteiger partial charge in [-0.3, -0.25) is 14.5 Å². The van der Waals surface area contributed by atoms with Gasteiger partial charge in [-0.25, -0.2) is 18.4 Å². The lowest BCUT2D eigenvalue weighted by Crippen LogP contribution is -2.51. The topological polar surface area (TPSA) is 125 Å². The summed E-state index contributed by atoms with van der Waals surface area (Å²) in [6.07, 6.45) is 6.32. The molecule has 11 heteroatoms. The summed E-state index contributed by atoms with van der Waals surface area (Å²) >= 11 is 0.